The second-order valence-corrected chi connectivity index (χ2v) is 4.32. The first-order valence-electron chi connectivity index (χ1n) is 5.59. The molecule has 0 radical (unpaired) electrons. The number of carboxylic acids is 1. The fourth-order valence-electron chi connectivity index (χ4n) is 2.13. The van der Waals surface area contributed by atoms with E-state index >= 15 is 0 Å². The maximum absolute atomic E-state index is 11.7. The van der Waals surface area contributed by atoms with E-state index in [0.29, 0.717) is 5.92 Å². The molecule has 0 heterocycles. The molecule has 1 fully saturated rings. The zero-order chi connectivity index (χ0) is 12.1. The predicted molar refractivity (Wildman–Crippen MR) is 57.9 cm³/mol. The summed E-state index contributed by atoms with van der Waals surface area (Å²) in [5.41, 5.74) is 0. The Morgan fingerprint density at radius 3 is 2.62 bits per heavy atom. The number of hydrogen-bond acceptors (Lipinski definition) is 3. The number of ether oxygens (including phenoxy) is 1. The van der Waals surface area contributed by atoms with Crippen LogP contribution >= 0.6 is 0 Å². The number of amides is 1. The van der Waals surface area contributed by atoms with Gasteiger partial charge >= 0.3 is 5.97 Å². The Balaban J connectivity index is 2.37. The van der Waals surface area contributed by atoms with Crippen molar-refractivity contribution in [2.45, 2.75) is 32.3 Å². The lowest BCUT2D eigenvalue weighted by Gasteiger charge is -2.17. The summed E-state index contributed by atoms with van der Waals surface area (Å²) in [6.45, 7) is 2.09. The fourth-order valence-corrected chi connectivity index (χ4v) is 2.13. The van der Waals surface area contributed by atoms with Gasteiger partial charge in [-0.1, -0.05) is 13.3 Å². The number of aliphatic carboxylic acids is 1. The molecule has 0 aromatic rings. The van der Waals surface area contributed by atoms with Gasteiger partial charge in [-0.2, -0.15) is 0 Å². The standard InChI is InChI=1S/C11H19NO4/c1-7-4-3-5-8(7)10(13)12-6-9(16-2)11(14)15/h7-9H,3-6H2,1-2H3,(H,12,13)(H,14,15). The molecule has 0 aromatic heterocycles. The summed E-state index contributed by atoms with van der Waals surface area (Å²) in [5, 5.41) is 11.4. The molecule has 5 nitrogen and oxygen atoms in total. The van der Waals surface area contributed by atoms with Gasteiger partial charge in [0.2, 0.25) is 5.91 Å². The summed E-state index contributed by atoms with van der Waals surface area (Å²) in [4.78, 5) is 22.4. The summed E-state index contributed by atoms with van der Waals surface area (Å²) in [7, 11) is 1.32. The van der Waals surface area contributed by atoms with E-state index in [1.807, 2.05) is 0 Å². The van der Waals surface area contributed by atoms with E-state index in [0.717, 1.165) is 19.3 Å². The molecule has 92 valence electrons. The lowest BCUT2D eigenvalue weighted by atomic mass is 9.97. The molecule has 2 N–H and O–H groups in total. The number of carbonyl (C=O) groups is 2. The molecule has 1 saturated carbocycles. The highest BCUT2D eigenvalue weighted by atomic mass is 16.5. The van der Waals surface area contributed by atoms with Crippen molar-refractivity contribution in [2.24, 2.45) is 11.8 Å². The Labute approximate surface area is 95.2 Å². The molecular formula is C11H19NO4. The van der Waals surface area contributed by atoms with Crippen molar-refractivity contribution in [3.05, 3.63) is 0 Å². The first-order valence-corrected chi connectivity index (χ1v) is 5.59. The van der Waals surface area contributed by atoms with Gasteiger partial charge in [-0.3, -0.25) is 4.79 Å². The van der Waals surface area contributed by atoms with Crippen molar-refractivity contribution in [1.82, 2.24) is 5.32 Å². The normalized spacial score (nSPS) is 26.4. The van der Waals surface area contributed by atoms with Crippen molar-refractivity contribution in [3.63, 3.8) is 0 Å². The summed E-state index contributed by atoms with van der Waals surface area (Å²) in [6, 6.07) is 0. The Morgan fingerprint density at radius 2 is 2.19 bits per heavy atom. The Kier molecular flexibility index (Phi) is 4.73. The minimum atomic E-state index is -1.05. The summed E-state index contributed by atoms with van der Waals surface area (Å²) >= 11 is 0. The molecule has 0 aromatic carbocycles. The van der Waals surface area contributed by atoms with Crippen LogP contribution in [-0.4, -0.2) is 36.7 Å². The third kappa shape index (κ3) is 3.20. The van der Waals surface area contributed by atoms with Crippen LogP contribution in [0.1, 0.15) is 26.2 Å². The third-order valence-corrected chi connectivity index (χ3v) is 3.22. The predicted octanol–water partition coefficient (Wildman–Crippen LogP) is 0.638. The lowest BCUT2D eigenvalue weighted by molar-refractivity contribution is -0.148. The van der Waals surface area contributed by atoms with Gasteiger partial charge < -0.3 is 15.2 Å². The van der Waals surface area contributed by atoms with Crippen molar-refractivity contribution in [2.75, 3.05) is 13.7 Å². The molecule has 0 aliphatic heterocycles. The summed E-state index contributed by atoms with van der Waals surface area (Å²) in [6.07, 6.45) is 2.09. The van der Waals surface area contributed by atoms with Crippen LogP contribution in [-0.2, 0) is 14.3 Å². The first kappa shape index (κ1) is 13.0. The van der Waals surface area contributed by atoms with E-state index in [1.54, 1.807) is 0 Å². The van der Waals surface area contributed by atoms with Gasteiger partial charge in [0.1, 0.15) is 0 Å². The highest BCUT2D eigenvalue weighted by molar-refractivity contribution is 5.80. The van der Waals surface area contributed by atoms with E-state index in [9.17, 15) is 9.59 Å². The first-order chi connectivity index (χ1) is 7.56. The average molecular weight is 229 g/mol. The van der Waals surface area contributed by atoms with Crippen LogP contribution in [0, 0.1) is 11.8 Å². The number of nitrogens with one attached hydrogen (secondary N) is 1. The van der Waals surface area contributed by atoms with Crippen molar-refractivity contribution in [3.8, 4) is 0 Å². The van der Waals surface area contributed by atoms with Gasteiger partial charge in [-0.05, 0) is 18.8 Å². The Morgan fingerprint density at radius 1 is 1.50 bits per heavy atom. The number of rotatable bonds is 5. The highest BCUT2D eigenvalue weighted by Gasteiger charge is 2.30. The molecule has 16 heavy (non-hydrogen) atoms. The molecule has 5 heteroatoms. The molecule has 1 rings (SSSR count). The maximum atomic E-state index is 11.7. The minimum absolute atomic E-state index is 0.0336. The third-order valence-electron chi connectivity index (χ3n) is 3.22. The number of hydrogen-bond donors (Lipinski definition) is 2. The topological polar surface area (TPSA) is 75.6 Å². The van der Waals surface area contributed by atoms with Gasteiger partial charge in [-0.25, -0.2) is 4.79 Å². The molecule has 1 aliphatic rings. The highest BCUT2D eigenvalue weighted by Crippen LogP contribution is 2.31. The van der Waals surface area contributed by atoms with Gasteiger partial charge in [0.05, 0.1) is 6.54 Å². The molecule has 1 amide bonds. The molecule has 0 saturated heterocycles. The van der Waals surface area contributed by atoms with Crippen LogP contribution < -0.4 is 5.32 Å². The van der Waals surface area contributed by atoms with E-state index in [4.69, 9.17) is 9.84 Å². The van der Waals surface area contributed by atoms with Crippen molar-refractivity contribution < 1.29 is 19.4 Å². The minimum Gasteiger partial charge on any atom is -0.479 e. The number of carbonyl (C=O) groups excluding carboxylic acids is 1. The monoisotopic (exact) mass is 229 g/mol. The zero-order valence-electron chi connectivity index (χ0n) is 9.73. The smallest absolute Gasteiger partial charge is 0.334 e. The SMILES string of the molecule is COC(CNC(=O)C1CCCC1C)C(=O)O. The van der Waals surface area contributed by atoms with Crippen molar-refractivity contribution >= 4 is 11.9 Å². The largest absolute Gasteiger partial charge is 0.479 e. The van der Waals surface area contributed by atoms with Crippen LogP contribution in [0.2, 0.25) is 0 Å². The van der Waals surface area contributed by atoms with Gasteiger partial charge in [0.25, 0.3) is 0 Å². The molecule has 0 spiro atoms. The average Bonchev–Trinajstić information content (AvgIpc) is 2.64. The van der Waals surface area contributed by atoms with Crippen LogP contribution in [0.3, 0.4) is 0 Å². The molecule has 3 unspecified atom stereocenters. The fraction of sp³-hybridized carbons (Fsp3) is 0.818. The van der Waals surface area contributed by atoms with E-state index in [-0.39, 0.29) is 18.4 Å². The number of methoxy groups -OCH3 is 1. The summed E-state index contributed by atoms with van der Waals surface area (Å²) in [5.74, 6) is -0.673. The zero-order valence-corrected chi connectivity index (χ0v) is 9.73. The second kappa shape index (κ2) is 5.84. The van der Waals surface area contributed by atoms with Crippen LogP contribution in [0.25, 0.3) is 0 Å². The Bertz CT molecular complexity index is 267. The van der Waals surface area contributed by atoms with E-state index in [2.05, 4.69) is 12.2 Å². The quantitative estimate of drug-likeness (QED) is 0.725. The van der Waals surface area contributed by atoms with Gasteiger partial charge in [0.15, 0.2) is 6.10 Å². The van der Waals surface area contributed by atoms with Crippen LogP contribution in [0.4, 0.5) is 0 Å². The molecule has 1 aliphatic carbocycles. The summed E-state index contributed by atoms with van der Waals surface area (Å²) < 4.78 is 4.74. The van der Waals surface area contributed by atoms with Crippen molar-refractivity contribution in [1.29, 1.82) is 0 Å². The molecule has 3 atom stereocenters. The van der Waals surface area contributed by atoms with Crippen LogP contribution in [0.15, 0.2) is 0 Å². The number of carboxylic acid groups (broad SMARTS) is 1. The Hall–Kier alpha value is -1.10. The maximum Gasteiger partial charge on any atom is 0.334 e. The molecule has 0 bridgehead atoms. The van der Waals surface area contributed by atoms with Gasteiger partial charge in [-0.15, -0.1) is 0 Å². The second-order valence-electron chi connectivity index (χ2n) is 4.32. The van der Waals surface area contributed by atoms with Crippen LogP contribution in [0.5, 0.6) is 0 Å². The van der Waals surface area contributed by atoms with Gasteiger partial charge in [0, 0.05) is 13.0 Å². The lowest BCUT2D eigenvalue weighted by Crippen LogP contribution is -2.40. The van der Waals surface area contributed by atoms with E-state index < -0.39 is 12.1 Å². The van der Waals surface area contributed by atoms with E-state index in [1.165, 1.54) is 7.11 Å². The molecular weight excluding hydrogens is 210 g/mol.